The average Bonchev–Trinajstić information content (AvgIpc) is 2.87. The van der Waals surface area contributed by atoms with Crippen molar-refractivity contribution in [3.63, 3.8) is 0 Å². The van der Waals surface area contributed by atoms with E-state index in [2.05, 4.69) is 10.6 Å². The van der Waals surface area contributed by atoms with Crippen molar-refractivity contribution < 1.29 is 9.53 Å². The minimum absolute atomic E-state index is 0.490. The molecule has 0 atom stereocenters. The average molecular weight is 304 g/mol. The van der Waals surface area contributed by atoms with E-state index in [1.54, 1.807) is 24.3 Å². The van der Waals surface area contributed by atoms with Crippen molar-refractivity contribution in [3.05, 3.63) is 65.4 Å². The molecule has 3 aromatic rings. The largest absolute Gasteiger partial charge is 0.492 e. The first-order chi connectivity index (χ1) is 11.2. The first-order valence-corrected chi connectivity index (χ1v) is 7.40. The highest BCUT2D eigenvalue weighted by Crippen LogP contribution is 2.24. The number of aldehydes is 1. The van der Waals surface area contributed by atoms with Crippen molar-refractivity contribution in [1.29, 1.82) is 5.26 Å². The molecule has 1 aromatic heterocycles. The Kier molecular flexibility index (Phi) is 4.11. The molecule has 4 nitrogen and oxygen atoms in total. The Morgan fingerprint density at radius 2 is 1.91 bits per heavy atom. The molecule has 3 rings (SSSR count). The fraction of sp³-hybridized carbons (Fsp3) is 0.158. The number of hydrogen-bond acceptors (Lipinski definition) is 3. The van der Waals surface area contributed by atoms with Crippen molar-refractivity contribution >= 4 is 17.2 Å². The van der Waals surface area contributed by atoms with Gasteiger partial charge >= 0.3 is 0 Å². The lowest BCUT2D eigenvalue weighted by atomic mass is 10.1. The van der Waals surface area contributed by atoms with E-state index >= 15 is 0 Å². The third kappa shape index (κ3) is 2.82. The van der Waals surface area contributed by atoms with Gasteiger partial charge in [-0.2, -0.15) is 5.26 Å². The van der Waals surface area contributed by atoms with Crippen LogP contribution in [0.3, 0.4) is 0 Å². The summed E-state index contributed by atoms with van der Waals surface area (Å²) in [5, 5.41) is 9.76. The molecule has 0 amide bonds. The van der Waals surface area contributed by atoms with Crippen LogP contribution in [0.2, 0.25) is 0 Å². The molecule has 114 valence electrons. The highest BCUT2D eigenvalue weighted by Gasteiger charge is 2.12. The van der Waals surface area contributed by atoms with Gasteiger partial charge in [0.1, 0.15) is 12.4 Å². The summed E-state index contributed by atoms with van der Waals surface area (Å²) in [6.45, 7) is 3.09. The number of rotatable bonds is 5. The second-order valence-corrected chi connectivity index (χ2v) is 5.27. The van der Waals surface area contributed by atoms with Crippen LogP contribution in [0.15, 0.2) is 48.5 Å². The SMILES string of the molecule is Cc1c(C=O)c2ccccc2n1CCOc1ccc(C#N)cc1. The Morgan fingerprint density at radius 1 is 1.17 bits per heavy atom. The Hall–Kier alpha value is -3.06. The third-order valence-corrected chi connectivity index (χ3v) is 3.96. The lowest BCUT2D eigenvalue weighted by Gasteiger charge is -2.10. The molecule has 0 unspecified atom stereocenters. The number of aromatic nitrogens is 1. The van der Waals surface area contributed by atoms with E-state index in [0.717, 1.165) is 34.2 Å². The van der Waals surface area contributed by atoms with Gasteiger partial charge in [0, 0.05) is 22.2 Å². The maximum absolute atomic E-state index is 11.3. The highest BCUT2D eigenvalue weighted by molar-refractivity contribution is 5.99. The Morgan fingerprint density at radius 3 is 2.61 bits per heavy atom. The van der Waals surface area contributed by atoms with Crippen LogP contribution in [0.5, 0.6) is 5.75 Å². The zero-order valence-electron chi connectivity index (χ0n) is 12.8. The zero-order valence-corrected chi connectivity index (χ0v) is 12.8. The van der Waals surface area contributed by atoms with Crippen LogP contribution in [0.4, 0.5) is 0 Å². The van der Waals surface area contributed by atoms with Crippen molar-refractivity contribution in [2.75, 3.05) is 6.61 Å². The van der Waals surface area contributed by atoms with Crippen LogP contribution in [-0.4, -0.2) is 17.5 Å². The number of carbonyl (C=O) groups excluding carboxylic acids is 1. The van der Waals surface area contributed by atoms with E-state index < -0.39 is 0 Å². The van der Waals surface area contributed by atoms with Gasteiger partial charge in [0.25, 0.3) is 0 Å². The number of nitrogens with zero attached hydrogens (tertiary/aromatic N) is 2. The molecule has 0 saturated carbocycles. The van der Waals surface area contributed by atoms with Gasteiger partial charge in [-0.3, -0.25) is 4.79 Å². The minimum Gasteiger partial charge on any atom is -0.492 e. The first-order valence-electron chi connectivity index (χ1n) is 7.40. The lowest BCUT2D eigenvalue weighted by molar-refractivity contribution is 0.112. The van der Waals surface area contributed by atoms with Crippen molar-refractivity contribution in [1.82, 2.24) is 4.57 Å². The fourth-order valence-electron chi connectivity index (χ4n) is 2.78. The van der Waals surface area contributed by atoms with Crippen LogP contribution in [-0.2, 0) is 6.54 Å². The topological polar surface area (TPSA) is 55.0 Å². The zero-order chi connectivity index (χ0) is 16.2. The smallest absolute Gasteiger partial charge is 0.152 e. The Balaban J connectivity index is 1.78. The molecule has 0 radical (unpaired) electrons. The maximum Gasteiger partial charge on any atom is 0.152 e. The molecule has 0 spiro atoms. The molecule has 0 fully saturated rings. The quantitative estimate of drug-likeness (QED) is 0.675. The summed E-state index contributed by atoms with van der Waals surface area (Å²) in [6.07, 6.45) is 0.912. The monoisotopic (exact) mass is 304 g/mol. The molecule has 2 aromatic carbocycles. The summed E-state index contributed by atoms with van der Waals surface area (Å²) < 4.78 is 7.84. The van der Waals surface area contributed by atoms with Crippen LogP contribution in [0.25, 0.3) is 10.9 Å². The van der Waals surface area contributed by atoms with Crippen molar-refractivity contribution in [3.8, 4) is 11.8 Å². The van der Waals surface area contributed by atoms with E-state index in [-0.39, 0.29) is 0 Å². The molecule has 0 N–H and O–H groups in total. The van der Waals surface area contributed by atoms with Gasteiger partial charge in [0.05, 0.1) is 18.2 Å². The van der Waals surface area contributed by atoms with Gasteiger partial charge in [-0.15, -0.1) is 0 Å². The standard InChI is InChI=1S/C19H16N2O2/c1-14-18(13-22)17-4-2-3-5-19(17)21(14)10-11-23-16-8-6-15(12-20)7-9-16/h2-9,13H,10-11H2,1H3. The molecular weight excluding hydrogens is 288 g/mol. The van der Waals surface area contributed by atoms with Crippen LogP contribution in [0.1, 0.15) is 21.6 Å². The number of carbonyl (C=O) groups is 1. The number of hydrogen-bond donors (Lipinski definition) is 0. The number of benzene rings is 2. The maximum atomic E-state index is 11.3. The summed E-state index contributed by atoms with van der Waals surface area (Å²) in [7, 11) is 0. The lowest BCUT2D eigenvalue weighted by Crippen LogP contribution is -2.09. The molecule has 0 saturated heterocycles. The van der Waals surface area contributed by atoms with E-state index in [9.17, 15) is 4.79 Å². The molecular formula is C19H16N2O2. The molecule has 1 heterocycles. The van der Waals surface area contributed by atoms with Crippen LogP contribution >= 0.6 is 0 Å². The molecule has 0 aliphatic heterocycles. The predicted octanol–water partition coefficient (Wildman–Crippen LogP) is 3.71. The molecule has 0 aliphatic carbocycles. The summed E-state index contributed by atoms with van der Waals surface area (Å²) in [6, 6.07) is 17.0. The Bertz CT molecular complexity index is 886. The van der Waals surface area contributed by atoms with Gasteiger partial charge in [-0.1, -0.05) is 18.2 Å². The summed E-state index contributed by atoms with van der Waals surface area (Å²) >= 11 is 0. The predicted molar refractivity (Wildman–Crippen MR) is 88.7 cm³/mol. The number of nitriles is 1. The molecule has 23 heavy (non-hydrogen) atoms. The second kappa shape index (κ2) is 6.37. The van der Waals surface area contributed by atoms with Crippen molar-refractivity contribution in [2.24, 2.45) is 0 Å². The fourth-order valence-corrected chi connectivity index (χ4v) is 2.78. The Labute approximate surface area is 134 Å². The highest BCUT2D eigenvalue weighted by atomic mass is 16.5. The molecule has 0 bridgehead atoms. The summed E-state index contributed by atoms with van der Waals surface area (Å²) in [5.41, 5.74) is 3.33. The summed E-state index contributed by atoms with van der Waals surface area (Å²) in [4.78, 5) is 11.3. The van der Waals surface area contributed by atoms with E-state index in [1.165, 1.54) is 0 Å². The van der Waals surface area contributed by atoms with Gasteiger partial charge in [0.2, 0.25) is 0 Å². The molecule has 0 aliphatic rings. The van der Waals surface area contributed by atoms with Crippen LogP contribution in [0, 0.1) is 18.3 Å². The number of ether oxygens (including phenoxy) is 1. The second-order valence-electron chi connectivity index (χ2n) is 5.27. The van der Waals surface area contributed by atoms with E-state index in [4.69, 9.17) is 10.00 Å². The number of fused-ring (bicyclic) bond motifs is 1. The molecule has 4 heteroatoms. The van der Waals surface area contributed by atoms with Gasteiger partial charge < -0.3 is 9.30 Å². The van der Waals surface area contributed by atoms with Gasteiger partial charge in [-0.25, -0.2) is 0 Å². The number of para-hydroxylation sites is 1. The third-order valence-electron chi connectivity index (χ3n) is 3.96. The van der Waals surface area contributed by atoms with E-state index in [1.807, 2.05) is 31.2 Å². The van der Waals surface area contributed by atoms with Crippen molar-refractivity contribution in [2.45, 2.75) is 13.5 Å². The van der Waals surface area contributed by atoms with E-state index in [0.29, 0.717) is 18.7 Å². The first kappa shape index (κ1) is 14.9. The summed E-state index contributed by atoms with van der Waals surface area (Å²) in [5.74, 6) is 0.730. The van der Waals surface area contributed by atoms with Gasteiger partial charge in [0.15, 0.2) is 6.29 Å². The van der Waals surface area contributed by atoms with Crippen LogP contribution < -0.4 is 4.74 Å². The normalized spacial score (nSPS) is 10.4. The minimum atomic E-state index is 0.490. The van der Waals surface area contributed by atoms with Gasteiger partial charge in [-0.05, 0) is 37.3 Å².